The van der Waals surface area contributed by atoms with E-state index in [2.05, 4.69) is 4.98 Å². The number of fused-ring (bicyclic) bond motifs is 1. The van der Waals surface area contributed by atoms with Crippen molar-refractivity contribution in [3.8, 4) is 5.75 Å². The van der Waals surface area contributed by atoms with Crippen LogP contribution in [0.2, 0.25) is 0 Å². The fourth-order valence-electron chi connectivity index (χ4n) is 1.75. The summed E-state index contributed by atoms with van der Waals surface area (Å²) >= 11 is 2.99. The number of nitrogens with zero attached hydrogens (tertiary/aromatic N) is 1. The summed E-state index contributed by atoms with van der Waals surface area (Å²) in [5.41, 5.74) is 0.827. The second kappa shape index (κ2) is 4.29. The molecule has 1 aromatic carbocycles. The molecule has 18 heavy (non-hydrogen) atoms. The SMILES string of the molecule is O=C(O)[C@@H]1C=C(c2nc3ccc(O)cc3s2)SC1. The lowest BCUT2D eigenvalue weighted by Gasteiger charge is -1.94. The zero-order valence-corrected chi connectivity index (χ0v) is 10.8. The molecule has 92 valence electrons. The van der Waals surface area contributed by atoms with Crippen LogP contribution in [-0.2, 0) is 4.79 Å². The van der Waals surface area contributed by atoms with Crippen molar-refractivity contribution in [2.24, 2.45) is 5.92 Å². The molecule has 0 bridgehead atoms. The quantitative estimate of drug-likeness (QED) is 0.884. The molecule has 0 saturated carbocycles. The third kappa shape index (κ3) is 1.97. The Bertz CT molecular complexity index is 662. The smallest absolute Gasteiger partial charge is 0.311 e. The summed E-state index contributed by atoms with van der Waals surface area (Å²) in [7, 11) is 0. The zero-order valence-electron chi connectivity index (χ0n) is 9.16. The first-order valence-corrected chi connectivity index (χ1v) is 7.11. The molecule has 0 radical (unpaired) electrons. The summed E-state index contributed by atoms with van der Waals surface area (Å²) in [6.45, 7) is 0. The number of benzene rings is 1. The Morgan fingerprint density at radius 1 is 1.44 bits per heavy atom. The standard InChI is InChI=1S/C12H9NO3S2/c14-7-1-2-8-9(4-7)18-11(13-8)10-3-6(5-17-10)12(15)16/h1-4,6,14H,5H2,(H,15,16)/t6-/m1/s1. The molecule has 0 aliphatic carbocycles. The largest absolute Gasteiger partial charge is 0.508 e. The average molecular weight is 279 g/mol. The molecule has 3 rings (SSSR count). The molecule has 0 unspecified atom stereocenters. The Morgan fingerprint density at radius 3 is 3.00 bits per heavy atom. The van der Waals surface area contributed by atoms with E-state index in [1.54, 1.807) is 24.3 Å². The lowest BCUT2D eigenvalue weighted by Crippen LogP contribution is -2.10. The van der Waals surface area contributed by atoms with Gasteiger partial charge in [0.05, 0.1) is 16.1 Å². The normalized spacial score (nSPS) is 19.1. The molecule has 2 aromatic rings. The second-order valence-corrected chi connectivity index (χ2v) is 6.05. The summed E-state index contributed by atoms with van der Waals surface area (Å²) in [6.07, 6.45) is 1.75. The van der Waals surface area contributed by atoms with Gasteiger partial charge in [-0.25, -0.2) is 4.98 Å². The van der Waals surface area contributed by atoms with Crippen molar-refractivity contribution in [1.29, 1.82) is 0 Å². The van der Waals surface area contributed by atoms with Crippen molar-refractivity contribution in [2.75, 3.05) is 5.75 Å². The average Bonchev–Trinajstić information content (AvgIpc) is 2.93. The zero-order chi connectivity index (χ0) is 12.7. The molecular formula is C12H9NO3S2. The van der Waals surface area contributed by atoms with Crippen LogP contribution in [0.4, 0.5) is 0 Å². The number of thiazole rings is 1. The highest BCUT2D eigenvalue weighted by Gasteiger charge is 2.25. The summed E-state index contributed by atoms with van der Waals surface area (Å²) in [4.78, 5) is 16.3. The Labute approximate surface area is 111 Å². The third-order valence-corrected chi connectivity index (χ3v) is 5.02. The minimum atomic E-state index is -0.795. The maximum Gasteiger partial charge on any atom is 0.311 e. The van der Waals surface area contributed by atoms with Gasteiger partial charge >= 0.3 is 5.97 Å². The summed E-state index contributed by atoms with van der Waals surface area (Å²) < 4.78 is 0.908. The Balaban J connectivity index is 2.00. The maximum absolute atomic E-state index is 10.9. The molecular weight excluding hydrogens is 270 g/mol. The number of carbonyl (C=O) groups is 1. The van der Waals surface area contributed by atoms with E-state index in [9.17, 15) is 9.90 Å². The molecule has 2 N–H and O–H groups in total. The van der Waals surface area contributed by atoms with Gasteiger partial charge in [-0.2, -0.15) is 0 Å². The highest BCUT2D eigenvalue weighted by molar-refractivity contribution is 8.08. The highest BCUT2D eigenvalue weighted by Crippen LogP contribution is 2.40. The van der Waals surface area contributed by atoms with Gasteiger partial charge in [-0.1, -0.05) is 6.08 Å². The minimum Gasteiger partial charge on any atom is -0.508 e. The van der Waals surface area contributed by atoms with Crippen LogP contribution in [0.25, 0.3) is 15.1 Å². The number of aliphatic carboxylic acids is 1. The summed E-state index contributed by atoms with van der Waals surface area (Å²) in [5, 5.41) is 19.2. The van der Waals surface area contributed by atoms with Crippen molar-refractivity contribution < 1.29 is 15.0 Å². The number of hydrogen-bond acceptors (Lipinski definition) is 5. The van der Waals surface area contributed by atoms with Gasteiger partial charge in [0.15, 0.2) is 0 Å². The first kappa shape index (κ1) is 11.6. The van der Waals surface area contributed by atoms with Crippen LogP contribution in [0.3, 0.4) is 0 Å². The minimum absolute atomic E-state index is 0.217. The number of hydrogen-bond donors (Lipinski definition) is 2. The topological polar surface area (TPSA) is 70.4 Å². The lowest BCUT2D eigenvalue weighted by atomic mass is 10.2. The van der Waals surface area contributed by atoms with Crippen LogP contribution in [0.5, 0.6) is 5.75 Å². The molecule has 2 heterocycles. The van der Waals surface area contributed by atoms with Gasteiger partial charge in [0.2, 0.25) is 0 Å². The van der Waals surface area contributed by atoms with E-state index in [1.165, 1.54) is 23.1 Å². The number of phenolic OH excluding ortho intramolecular Hbond substituents is 1. The molecule has 1 aliphatic rings. The van der Waals surface area contributed by atoms with Gasteiger partial charge in [0.1, 0.15) is 10.8 Å². The third-order valence-electron chi connectivity index (χ3n) is 2.67. The Kier molecular flexibility index (Phi) is 2.76. The fourth-order valence-corrected chi connectivity index (χ4v) is 4.00. The van der Waals surface area contributed by atoms with Crippen LogP contribution in [-0.4, -0.2) is 26.9 Å². The van der Waals surface area contributed by atoms with Crippen LogP contribution in [0, 0.1) is 5.92 Å². The number of aromatic hydroxyl groups is 1. The van der Waals surface area contributed by atoms with Gasteiger partial charge in [-0.3, -0.25) is 4.79 Å². The predicted molar refractivity (Wildman–Crippen MR) is 72.8 cm³/mol. The molecule has 1 atom stereocenters. The second-order valence-electron chi connectivity index (χ2n) is 3.96. The molecule has 0 saturated heterocycles. The number of thioether (sulfide) groups is 1. The molecule has 1 aliphatic heterocycles. The number of carboxylic acids is 1. The molecule has 4 nitrogen and oxygen atoms in total. The van der Waals surface area contributed by atoms with E-state index < -0.39 is 11.9 Å². The van der Waals surface area contributed by atoms with Crippen LogP contribution >= 0.6 is 23.1 Å². The van der Waals surface area contributed by atoms with Crippen LogP contribution < -0.4 is 0 Å². The number of carboxylic acid groups (broad SMARTS) is 1. The van der Waals surface area contributed by atoms with Crippen molar-refractivity contribution in [3.05, 3.63) is 29.3 Å². The molecule has 0 fully saturated rings. The molecule has 0 spiro atoms. The van der Waals surface area contributed by atoms with E-state index in [1.807, 2.05) is 0 Å². The van der Waals surface area contributed by atoms with Crippen LogP contribution in [0.15, 0.2) is 24.3 Å². The summed E-state index contributed by atoms with van der Waals surface area (Å²) in [6, 6.07) is 5.03. The van der Waals surface area contributed by atoms with Gasteiger partial charge in [0, 0.05) is 10.7 Å². The first-order valence-electron chi connectivity index (χ1n) is 5.31. The summed E-state index contributed by atoms with van der Waals surface area (Å²) in [5.74, 6) is -0.443. The number of aromatic nitrogens is 1. The van der Waals surface area contributed by atoms with E-state index in [0.717, 1.165) is 20.1 Å². The van der Waals surface area contributed by atoms with E-state index in [-0.39, 0.29) is 5.75 Å². The van der Waals surface area contributed by atoms with Crippen molar-refractivity contribution in [3.63, 3.8) is 0 Å². The maximum atomic E-state index is 10.9. The Hall–Kier alpha value is -1.53. The molecule has 1 aromatic heterocycles. The number of rotatable bonds is 2. The highest BCUT2D eigenvalue weighted by atomic mass is 32.2. The Morgan fingerprint density at radius 2 is 2.28 bits per heavy atom. The van der Waals surface area contributed by atoms with Crippen molar-refractivity contribution >= 4 is 44.2 Å². The van der Waals surface area contributed by atoms with Crippen molar-refractivity contribution in [1.82, 2.24) is 4.98 Å². The van der Waals surface area contributed by atoms with Gasteiger partial charge < -0.3 is 10.2 Å². The van der Waals surface area contributed by atoms with Gasteiger partial charge in [-0.15, -0.1) is 23.1 Å². The predicted octanol–water partition coefficient (Wildman–Crippen LogP) is 2.79. The number of phenols is 1. The van der Waals surface area contributed by atoms with Crippen LogP contribution in [0.1, 0.15) is 5.01 Å². The van der Waals surface area contributed by atoms with Gasteiger partial charge in [-0.05, 0) is 18.2 Å². The van der Waals surface area contributed by atoms with Crippen molar-refractivity contribution in [2.45, 2.75) is 0 Å². The molecule has 0 amide bonds. The van der Waals surface area contributed by atoms with E-state index >= 15 is 0 Å². The van der Waals surface area contributed by atoms with E-state index in [0.29, 0.717) is 5.75 Å². The first-order chi connectivity index (χ1) is 8.63. The lowest BCUT2D eigenvalue weighted by molar-refractivity contribution is -0.139. The van der Waals surface area contributed by atoms with E-state index in [4.69, 9.17) is 5.11 Å². The molecule has 6 heteroatoms. The monoisotopic (exact) mass is 279 g/mol. The van der Waals surface area contributed by atoms with Gasteiger partial charge in [0.25, 0.3) is 0 Å². The fraction of sp³-hybridized carbons (Fsp3) is 0.167.